The van der Waals surface area contributed by atoms with E-state index in [4.69, 9.17) is 5.11 Å². The van der Waals surface area contributed by atoms with Crippen LogP contribution < -0.4 is 0 Å². The average molecular weight is 302 g/mol. The van der Waals surface area contributed by atoms with Crippen LogP contribution in [-0.2, 0) is 0 Å². The number of halogens is 3. The average Bonchev–Trinajstić information content (AvgIpc) is 2.50. The third-order valence-electron chi connectivity index (χ3n) is 3.43. The Hall–Kier alpha value is -2.82. The van der Waals surface area contributed by atoms with Gasteiger partial charge in [0.25, 0.3) is 0 Å². The minimum absolute atomic E-state index is 0.0305. The van der Waals surface area contributed by atoms with Crippen molar-refractivity contribution in [1.82, 2.24) is 0 Å². The van der Waals surface area contributed by atoms with Crippen molar-refractivity contribution in [3.05, 3.63) is 71.5 Å². The maximum absolute atomic E-state index is 14.0. The Labute approximate surface area is 123 Å². The van der Waals surface area contributed by atoms with Crippen LogP contribution in [0, 0.1) is 17.5 Å². The van der Waals surface area contributed by atoms with E-state index in [1.54, 1.807) is 18.2 Å². The second-order valence-corrected chi connectivity index (χ2v) is 4.79. The molecule has 110 valence electrons. The highest BCUT2D eigenvalue weighted by atomic mass is 19.2. The first-order valence-electron chi connectivity index (χ1n) is 6.38. The summed E-state index contributed by atoms with van der Waals surface area (Å²) >= 11 is 0. The van der Waals surface area contributed by atoms with Gasteiger partial charge in [-0.3, -0.25) is 0 Å². The number of rotatable bonds is 2. The highest BCUT2D eigenvalue weighted by Gasteiger charge is 2.14. The molecule has 0 unspecified atom stereocenters. The number of aromatic carboxylic acids is 1. The highest BCUT2D eigenvalue weighted by molar-refractivity contribution is 6.01. The maximum Gasteiger partial charge on any atom is 0.335 e. The molecule has 3 rings (SSSR count). The van der Waals surface area contributed by atoms with Gasteiger partial charge < -0.3 is 5.11 Å². The number of benzene rings is 3. The quantitative estimate of drug-likeness (QED) is 0.701. The Morgan fingerprint density at radius 3 is 2.27 bits per heavy atom. The first kappa shape index (κ1) is 14.1. The predicted octanol–water partition coefficient (Wildman–Crippen LogP) is 4.62. The first-order valence-corrected chi connectivity index (χ1v) is 6.38. The van der Waals surface area contributed by atoms with E-state index in [1.807, 2.05) is 0 Å². The molecular formula is C17H9F3O2. The monoisotopic (exact) mass is 302 g/mol. The molecule has 5 heteroatoms. The fourth-order valence-electron chi connectivity index (χ4n) is 2.37. The molecule has 0 heterocycles. The Morgan fingerprint density at radius 2 is 1.55 bits per heavy atom. The molecule has 3 aromatic rings. The van der Waals surface area contributed by atoms with E-state index >= 15 is 0 Å². The van der Waals surface area contributed by atoms with Crippen molar-refractivity contribution in [1.29, 1.82) is 0 Å². The lowest BCUT2D eigenvalue weighted by Gasteiger charge is -2.09. The molecule has 0 atom stereocenters. The van der Waals surface area contributed by atoms with Crippen LogP contribution in [0.2, 0.25) is 0 Å². The van der Waals surface area contributed by atoms with Gasteiger partial charge in [0.15, 0.2) is 11.6 Å². The highest BCUT2D eigenvalue weighted by Crippen LogP contribution is 2.32. The van der Waals surface area contributed by atoms with Gasteiger partial charge in [-0.2, -0.15) is 0 Å². The maximum atomic E-state index is 14.0. The molecule has 0 saturated carbocycles. The molecule has 0 spiro atoms. The van der Waals surface area contributed by atoms with Crippen LogP contribution in [0.1, 0.15) is 10.4 Å². The second kappa shape index (κ2) is 5.18. The standard InChI is InChI=1S/C17H9F3O2/c18-14-8-16(20)15(19)7-13(14)11-3-1-2-9-4-5-10(17(21)22)6-12(9)11/h1-8H,(H,21,22). The fourth-order valence-corrected chi connectivity index (χ4v) is 2.37. The molecule has 0 aliphatic carbocycles. The van der Waals surface area contributed by atoms with Crippen molar-refractivity contribution < 1.29 is 23.1 Å². The van der Waals surface area contributed by atoms with E-state index in [0.29, 0.717) is 22.4 Å². The van der Waals surface area contributed by atoms with Crippen LogP contribution in [0.5, 0.6) is 0 Å². The largest absolute Gasteiger partial charge is 0.478 e. The summed E-state index contributed by atoms with van der Waals surface area (Å²) in [6.45, 7) is 0. The lowest BCUT2D eigenvalue weighted by molar-refractivity contribution is 0.0697. The van der Waals surface area contributed by atoms with Gasteiger partial charge in [0.1, 0.15) is 5.82 Å². The lowest BCUT2D eigenvalue weighted by atomic mass is 9.96. The van der Waals surface area contributed by atoms with Gasteiger partial charge in [-0.1, -0.05) is 24.3 Å². The minimum Gasteiger partial charge on any atom is -0.478 e. The first-order chi connectivity index (χ1) is 10.5. The fraction of sp³-hybridized carbons (Fsp3) is 0. The summed E-state index contributed by atoms with van der Waals surface area (Å²) in [6, 6.07) is 10.5. The molecular weight excluding hydrogens is 293 g/mol. The molecule has 22 heavy (non-hydrogen) atoms. The van der Waals surface area contributed by atoms with Crippen molar-refractivity contribution >= 4 is 16.7 Å². The Morgan fingerprint density at radius 1 is 0.818 bits per heavy atom. The molecule has 0 aromatic heterocycles. The summed E-state index contributed by atoms with van der Waals surface area (Å²) < 4.78 is 40.5. The van der Waals surface area contributed by atoms with Gasteiger partial charge >= 0.3 is 5.97 Å². The van der Waals surface area contributed by atoms with Gasteiger partial charge in [0.05, 0.1) is 5.56 Å². The van der Waals surface area contributed by atoms with Crippen molar-refractivity contribution in [2.45, 2.75) is 0 Å². The van der Waals surface area contributed by atoms with Crippen LogP contribution in [0.3, 0.4) is 0 Å². The molecule has 0 bridgehead atoms. The van der Waals surface area contributed by atoms with Crippen molar-refractivity contribution in [3.8, 4) is 11.1 Å². The second-order valence-electron chi connectivity index (χ2n) is 4.79. The van der Waals surface area contributed by atoms with Crippen molar-refractivity contribution in [3.63, 3.8) is 0 Å². The number of carboxylic acids is 1. The zero-order valence-corrected chi connectivity index (χ0v) is 11.1. The summed E-state index contributed by atoms with van der Waals surface area (Å²) in [5.41, 5.74) is 0.215. The minimum atomic E-state index is -1.27. The summed E-state index contributed by atoms with van der Waals surface area (Å²) in [7, 11) is 0. The van der Waals surface area contributed by atoms with Crippen LogP contribution in [0.25, 0.3) is 21.9 Å². The molecule has 0 aliphatic heterocycles. The summed E-state index contributed by atoms with van der Waals surface area (Å²) in [4.78, 5) is 11.1. The molecule has 0 saturated heterocycles. The zero-order chi connectivity index (χ0) is 15.9. The molecule has 1 N–H and O–H groups in total. The van der Waals surface area contributed by atoms with E-state index in [0.717, 1.165) is 6.07 Å². The molecule has 3 aromatic carbocycles. The van der Waals surface area contributed by atoms with E-state index in [1.165, 1.54) is 18.2 Å². The molecule has 0 fully saturated rings. The summed E-state index contributed by atoms with van der Waals surface area (Å²) in [5, 5.41) is 10.2. The molecule has 0 radical (unpaired) electrons. The number of carboxylic acid groups (broad SMARTS) is 1. The van der Waals surface area contributed by atoms with Crippen LogP contribution >= 0.6 is 0 Å². The normalized spacial score (nSPS) is 10.9. The number of hydrogen-bond donors (Lipinski definition) is 1. The van der Waals surface area contributed by atoms with E-state index in [2.05, 4.69) is 0 Å². The van der Waals surface area contributed by atoms with Crippen molar-refractivity contribution in [2.24, 2.45) is 0 Å². The third kappa shape index (κ3) is 2.30. The van der Waals surface area contributed by atoms with E-state index in [9.17, 15) is 18.0 Å². The summed E-state index contributed by atoms with van der Waals surface area (Å²) in [6.07, 6.45) is 0. The topological polar surface area (TPSA) is 37.3 Å². The Bertz CT molecular complexity index is 904. The van der Waals surface area contributed by atoms with Crippen LogP contribution in [-0.4, -0.2) is 11.1 Å². The SMILES string of the molecule is O=C(O)c1ccc2cccc(-c3cc(F)c(F)cc3F)c2c1. The number of hydrogen-bond acceptors (Lipinski definition) is 1. The molecule has 0 aliphatic rings. The predicted molar refractivity (Wildman–Crippen MR) is 76.2 cm³/mol. The Kier molecular flexibility index (Phi) is 3.33. The van der Waals surface area contributed by atoms with Crippen LogP contribution in [0.4, 0.5) is 13.2 Å². The van der Waals surface area contributed by atoms with Gasteiger partial charge in [-0.15, -0.1) is 0 Å². The lowest BCUT2D eigenvalue weighted by Crippen LogP contribution is -1.96. The van der Waals surface area contributed by atoms with Gasteiger partial charge in [0, 0.05) is 11.6 Å². The Balaban J connectivity index is 2.33. The van der Waals surface area contributed by atoms with Crippen LogP contribution in [0.15, 0.2) is 48.5 Å². The smallest absolute Gasteiger partial charge is 0.335 e. The molecule has 0 amide bonds. The van der Waals surface area contributed by atoms with Gasteiger partial charge in [-0.25, -0.2) is 18.0 Å². The van der Waals surface area contributed by atoms with E-state index < -0.39 is 23.4 Å². The van der Waals surface area contributed by atoms with Crippen molar-refractivity contribution in [2.75, 3.05) is 0 Å². The summed E-state index contributed by atoms with van der Waals surface area (Å²) in [5.74, 6) is -4.47. The van der Waals surface area contributed by atoms with Gasteiger partial charge in [0.2, 0.25) is 0 Å². The zero-order valence-electron chi connectivity index (χ0n) is 11.1. The van der Waals surface area contributed by atoms with E-state index in [-0.39, 0.29) is 11.1 Å². The third-order valence-corrected chi connectivity index (χ3v) is 3.43. The number of carbonyl (C=O) groups is 1. The molecule has 2 nitrogen and oxygen atoms in total. The number of fused-ring (bicyclic) bond motifs is 1. The van der Waals surface area contributed by atoms with Gasteiger partial charge in [-0.05, 0) is 34.5 Å².